The third kappa shape index (κ3) is 18.4. The number of likely N-dealkylation sites (N-methyl/N-ethyl adjacent to an activating group) is 1. The van der Waals surface area contributed by atoms with Crippen LogP contribution in [0.4, 0.5) is 0 Å². The van der Waals surface area contributed by atoms with Crippen LogP contribution in [-0.4, -0.2) is 55.3 Å². The van der Waals surface area contributed by atoms with Crippen molar-refractivity contribution in [3.05, 3.63) is 0 Å². The second-order valence-corrected chi connectivity index (χ2v) is 4.18. The van der Waals surface area contributed by atoms with Crippen LogP contribution in [0.25, 0.3) is 0 Å². The number of carboxylic acids is 1. The molecule has 0 saturated heterocycles. The largest absolute Gasteiger partial charge is 0.480 e. The molecule has 0 amide bonds. The van der Waals surface area contributed by atoms with Crippen molar-refractivity contribution in [3.8, 4) is 0 Å². The number of carboxylic acid groups (broad SMARTS) is 1. The Balaban J connectivity index is 0. The third-order valence-electron chi connectivity index (χ3n) is 1.13. The maximum Gasteiger partial charge on any atom is 0.320 e. The average molecular weight is 213 g/mol. The Labute approximate surface area is 77.9 Å². The van der Waals surface area contributed by atoms with Gasteiger partial charge < -0.3 is 5.11 Å². The Morgan fingerprint density at radius 1 is 1.38 bits per heavy atom. The topological polar surface area (TPSA) is 94.9 Å². The molecule has 0 aliphatic rings. The van der Waals surface area contributed by atoms with Crippen LogP contribution in [0.15, 0.2) is 0 Å². The lowest BCUT2D eigenvalue weighted by Crippen LogP contribution is -2.32. The average Bonchev–Trinajstić information content (AvgIpc) is 1.81. The number of hydrogen-bond acceptors (Lipinski definition) is 4. The monoisotopic (exact) mass is 213 g/mol. The molecule has 0 aromatic carbocycles. The van der Waals surface area contributed by atoms with Gasteiger partial charge in [-0.15, -0.1) is 0 Å². The summed E-state index contributed by atoms with van der Waals surface area (Å²) < 4.78 is 25.9. The van der Waals surface area contributed by atoms with Gasteiger partial charge in [0.25, 0.3) is 10.1 Å². The van der Waals surface area contributed by atoms with Crippen molar-refractivity contribution in [3.63, 3.8) is 0 Å². The highest BCUT2D eigenvalue weighted by Crippen LogP contribution is 1.88. The van der Waals surface area contributed by atoms with E-state index in [0.717, 1.165) is 0 Å². The lowest BCUT2D eigenvalue weighted by Gasteiger charge is -2.13. The zero-order valence-electron chi connectivity index (χ0n) is 8.05. The van der Waals surface area contributed by atoms with Gasteiger partial charge in [-0.1, -0.05) is 0 Å². The zero-order chi connectivity index (χ0) is 11.2. The summed E-state index contributed by atoms with van der Waals surface area (Å²) in [6, 6.07) is -0.380. The SMILES string of the molecule is CC(C(=O)O)N(C)C.CS(=O)(=O)O. The van der Waals surface area contributed by atoms with E-state index in [1.54, 1.807) is 25.9 Å². The molecule has 80 valence electrons. The second kappa shape index (κ2) is 5.90. The first-order valence-electron chi connectivity index (χ1n) is 3.37. The summed E-state index contributed by atoms with van der Waals surface area (Å²) in [4.78, 5) is 11.7. The van der Waals surface area contributed by atoms with Crippen LogP contribution in [0, 0.1) is 0 Å². The van der Waals surface area contributed by atoms with Gasteiger partial charge in [0.05, 0.1) is 6.26 Å². The third-order valence-corrected chi connectivity index (χ3v) is 1.13. The second-order valence-electron chi connectivity index (χ2n) is 2.71. The summed E-state index contributed by atoms with van der Waals surface area (Å²) in [6.45, 7) is 1.64. The summed E-state index contributed by atoms with van der Waals surface area (Å²) in [6.07, 6.45) is 0.715. The standard InChI is InChI=1S/C5H11NO2.CH4O3S/c1-4(5(7)8)6(2)3;1-5(2,3)4/h4H,1-3H3,(H,7,8);1H3,(H,2,3,4). The first-order chi connectivity index (χ1) is 5.55. The van der Waals surface area contributed by atoms with E-state index in [1.165, 1.54) is 0 Å². The Morgan fingerprint density at radius 3 is 1.62 bits per heavy atom. The molecule has 0 aromatic heterocycles. The van der Waals surface area contributed by atoms with E-state index in [-0.39, 0.29) is 6.04 Å². The van der Waals surface area contributed by atoms with E-state index in [4.69, 9.17) is 9.66 Å². The van der Waals surface area contributed by atoms with E-state index in [2.05, 4.69) is 0 Å². The molecule has 0 aliphatic heterocycles. The zero-order valence-corrected chi connectivity index (χ0v) is 8.87. The first kappa shape index (κ1) is 14.8. The number of carbonyl (C=O) groups is 1. The smallest absolute Gasteiger partial charge is 0.320 e. The summed E-state index contributed by atoms with van der Waals surface area (Å²) in [5.41, 5.74) is 0. The molecule has 0 aliphatic carbocycles. The molecule has 7 heteroatoms. The lowest BCUT2D eigenvalue weighted by atomic mass is 10.3. The molecule has 1 unspecified atom stereocenters. The van der Waals surface area contributed by atoms with Gasteiger partial charge in [0, 0.05) is 0 Å². The van der Waals surface area contributed by atoms with Gasteiger partial charge in [0.15, 0.2) is 0 Å². The number of rotatable bonds is 2. The van der Waals surface area contributed by atoms with Crippen LogP contribution in [-0.2, 0) is 14.9 Å². The van der Waals surface area contributed by atoms with E-state index >= 15 is 0 Å². The lowest BCUT2D eigenvalue weighted by molar-refractivity contribution is -0.141. The van der Waals surface area contributed by atoms with Gasteiger partial charge in [-0.05, 0) is 21.0 Å². The summed E-state index contributed by atoms with van der Waals surface area (Å²) in [5, 5.41) is 8.31. The van der Waals surface area contributed by atoms with E-state index in [9.17, 15) is 13.2 Å². The molecular formula is C6H15NO5S. The molecule has 2 N–H and O–H groups in total. The van der Waals surface area contributed by atoms with Crippen LogP contribution in [0.5, 0.6) is 0 Å². The molecule has 0 spiro atoms. The summed E-state index contributed by atoms with van der Waals surface area (Å²) in [7, 11) is -0.197. The number of hydrogen-bond donors (Lipinski definition) is 2. The maximum absolute atomic E-state index is 10.1. The fraction of sp³-hybridized carbons (Fsp3) is 0.833. The molecule has 0 aromatic rings. The van der Waals surface area contributed by atoms with Crippen LogP contribution in [0.2, 0.25) is 0 Å². The van der Waals surface area contributed by atoms with Crippen molar-refractivity contribution in [2.75, 3.05) is 20.4 Å². The van der Waals surface area contributed by atoms with Crippen molar-refractivity contribution >= 4 is 16.1 Å². The minimum atomic E-state index is -3.67. The highest BCUT2D eigenvalue weighted by Gasteiger charge is 2.11. The molecule has 0 bridgehead atoms. The summed E-state index contributed by atoms with van der Waals surface area (Å²) >= 11 is 0. The highest BCUT2D eigenvalue weighted by atomic mass is 32.2. The van der Waals surface area contributed by atoms with Crippen molar-refractivity contribution in [1.82, 2.24) is 4.90 Å². The van der Waals surface area contributed by atoms with Gasteiger partial charge in [0.2, 0.25) is 0 Å². The fourth-order valence-corrected chi connectivity index (χ4v) is 0.221. The minimum absolute atomic E-state index is 0.380. The Morgan fingerprint density at radius 2 is 1.62 bits per heavy atom. The van der Waals surface area contributed by atoms with Gasteiger partial charge in [0.1, 0.15) is 6.04 Å². The molecule has 0 radical (unpaired) electrons. The quantitative estimate of drug-likeness (QED) is 0.602. The normalized spacial score (nSPS) is 13.1. The van der Waals surface area contributed by atoms with Crippen LogP contribution in [0.3, 0.4) is 0 Å². The van der Waals surface area contributed by atoms with Gasteiger partial charge in [-0.25, -0.2) is 0 Å². The molecule has 0 saturated carbocycles. The molecule has 0 rings (SSSR count). The van der Waals surface area contributed by atoms with Crippen molar-refractivity contribution in [2.24, 2.45) is 0 Å². The molecule has 0 heterocycles. The van der Waals surface area contributed by atoms with E-state index in [1.807, 2.05) is 0 Å². The number of aliphatic carboxylic acids is 1. The Kier molecular flexibility index (Phi) is 6.73. The predicted molar refractivity (Wildman–Crippen MR) is 48.3 cm³/mol. The first-order valence-corrected chi connectivity index (χ1v) is 5.22. The van der Waals surface area contributed by atoms with Crippen molar-refractivity contribution in [2.45, 2.75) is 13.0 Å². The molecule has 6 nitrogen and oxygen atoms in total. The Hall–Kier alpha value is -0.660. The molecular weight excluding hydrogens is 198 g/mol. The highest BCUT2D eigenvalue weighted by molar-refractivity contribution is 7.85. The van der Waals surface area contributed by atoms with E-state index < -0.39 is 16.1 Å². The number of nitrogens with zero attached hydrogens (tertiary/aromatic N) is 1. The Bertz CT molecular complexity index is 238. The minimum Gasteiger partial charge on any atom is -0.480 e. The fourth-order valence-electron chi connectivity index (χ4n) is 0.221. The van der Waals surface area contributed by atoms with Gasteiger partial charge in [-0.2, -0.15) is 8.42 Å². The molecule has 1 atom stereocenters. The van der Waals surface area contributed by atoms with Crippen LogP contribution in [0.1, 0.15) is 6.92 Å². The van der Waals surface area contributed by atoms with Crippen LogP contribution >= 0.6 is 0 Å². The molecule has 13 heavy (non-hydrogen) atoms. The predicted octanol–water partition coefficient (Wildman–Crippen LogP) is -0.475. The maximum atomic E-state index is 10.1. The van der Waals surface area contributed by atoms with E-state index in [0.29, 0.717) is 6.26 Å². The van der Waals surface area contributed by atoms with Crippen molar-refractivity contribution in [1.29, 1.82) is 0 Å². The van der Waals surface area contributed by atoms with Gasteiger partial charge in [-0.3, -0.25) is 14.2 Å². The molecule has 0 fully saturated rings. The summed E-state index contributed by atoms with van der Waals surface area (Å²) in [5.74, 6) is -0.782. The van der Waals surface area contributed by atoms with Crippen molar-refractivity contribution < 1.29 is 22.9 Å². The van der Waals surface area contributed by atoms with Crippen LogP contribution < -0.4 is 0 Å². The van der Waals surface area contributed by atoms with Gasteiger partial charge >= 0.3 is 5.97 Å².